The Kier molecular flexibility index (Phi) is 4.50. The van der Waals surface area contributed by atoms with Crippen molar-refractivity contribution < 1.29 is 0 Å². The molecule has 16 heavy (non-hydrogen) atoms. The molecular formula is C12H24N4. The van der Waals surface area contributed by atoms with Crippen LogP contribution in [0.3, 0.4) is 0 Å². The minimum Gasteiger partial charge on any atom is -0.330 e. The molecule has 92 valence electrons. The predicted molar refractivity (Wildman–Crippen MR) is 67.1 cm³/mol. The Hall–Kier alpha value is -0.870. The maximum atomic E-state index is 5.73. The molecule has 0 amide bonds. The summed E-state index contributed by atoms with van der Waals surface area (Å²) >= 11 is 0. The van der Waals surface area contributed by atoms with Gasteiger partial charge in [0.25, 0.3) is 0 Å². The molecule has 0 aromatic carbocycles. The number of nitrogens with zero attached hydrogens (tertiary/aromatic N) is 3. The van der Waals surface area contributed by atoms with E-state index in [4.69, 9.17) is 5.73 Å². The normalized spacial score (nSPS) is 12.4. The highest BCUT2D eigenvalue weighted by Crippen LogP contribution is 2.15. The van der Waals surface area contributed by atoms with Crippen LogP contribution in [-0.4, -0.2) is 34.8 Å². The summed E-state index contributed by atoms with van der Waals surface area (Å²) in [6.45, 7) is 10.1. The Balaban J connectivity index is 2.48. The van der Waals surface area contributed by atoms with Gasteiger partial charge >= 0.3 is 0 Å². The van der Waals surface area contributed by atoms with Gasteiger partial charge in [0, 0.05) is 31.4 Å². The summed E-state index contributed by atoms with van der Waals surface area (Å²) in [5.74, 6) is 0. The van der Waals surface area contributed by atoms with Crippen LogP contribution in [0, 0.1) is 5.41 Å². The van der Waals surface area contributed by atoms with Gasteiger partial charge in [-0.2, -0.15) is 5.10 Å². The van der Waals surface area contributed by atoms with Crippen LogP contribution in [0.1, 0.15) is 26.3 Å². The van der Waals surface area contributed by atoms with E-state index in [0.717, 1.165) is 19.6 Å². The third kappa shape index (κ3) is 3.94. The van der Waals surface area contributed by atoms with Crippen LogP contribution < -0.4 is 5.73 Å². The van der Waals surface area contributed by atoms with E-state index in [2.05, 4.69) is 44.0 Å². The van der Waals surface area contributed by atoms with E-state index >= 15 is 0 Å². The molecule has 4 heteroatoms. The van der Waals surface area contributed by atoms with Gasteiger partial charge in [-0.15, -0.1) is 0 Å². The van der Waals surface area contributed by atoms with E-state index in [1.807, 2.05) is 10.9 Å². The highest BCUT2D eigenvalue weighted by Gasteiger charge is 2.18. The van der Waals surface area contributed by atoms with Crippen LogP contribution in [0.2, 0.25) is 0 Å². The van der Waals surface area contributed by atoms with Gasteiger partial charge in [0.1, 0.15) is 0 Å². The molecule has 1 aromatic heterocycles. The first-order valence-electron chi connectivity index (χ1n) is 5.87. The fraction of sp³-hybridized carbons (Fsp3) is 0.750. The topological polar surface area (TPSA) is 47.1 Å². The van der Waals surface area contributed by atoms with E-state index in [-0.39, 0.29) is 5.41 Å². The second kappa shape index (κ2) is 5.46. The molecule has 1 rings (SSSR count). The third-order valence-electron chi connectivity index (χ3n) is 2.71. The summed E-state index contributed by atoms with van der Waals surface area (Å²) in [5.41, 5.74) is 7.17. The monoisotopic (exact) mass is 224 g/mol. The minimum absolute atomic E-state index is 0.176. The van der Waals surface area contributed by atoms with Gasteiger partial charge < -0.3 is 10.6 Å². The molecule has 0 atom stereocenters. The molecule has 4 nitrogen and oxygen atoms in total. The number of nitrogens with two attached hydrogens (primary N) is 1. The Morgan fingerprint density at radius 3 is 2.69 bits per heavy atom. The van der Waals surface area contributed by atoms with Crippen molar-refractivity contribution in [2.45, 2.75) is 33.9 Å². The Labute approximate surface area is 98.4 Å². The lowest BCUT2D eigenvalue weighted by molar-refractivity contribution is 0.210. The smallest absolute Gasteiger partial charge is 0.0534 e. The second-order valence-electron chi connectivity index (χ2n) is 5.24. The lowest BCUT2D eigenvalue weighted by Crippen LogP contribution is -2.36. The second-order valence-corrected chi connectivity index (χ2v) is 5.24. The third-order valence-corrected chi connectivity index (χ3v) is 2.71. The average Bonchev–Trinajstić information content (AvgIpc) is 2.64. The Bertz CT molecular complexity index is 317. The zero-order valence-electron chi connectivity index (χ0n) is 10.9. The molecule has 1 aromatic rings. The average molecular weight is 224 g/mol. The number of rotatable bonds is 6. The van der Waals surface area contributed by atoms with E-state index in [1.165, 1.54) is 5.56 Å². The van der Waals surface area contributed by atoms with E-state index in [0.29, 0.717) is 6.54 Å². The maximum absolute atomic E-state index is 5.73. The molecule has 1 heterocycles. The van der Waals surface area contributed by atoms with Crippen LogP contribution in [0.5, 0.6) is 0 Å². The highest BCUT2D eigenvalue weighted by atomic mass is 15.3. The molecule has 0 aliphatic carbocycles. The molecule has 0 fully saturated rings. The van der Waals surface area contributed by atoms with E-state index < -0.39 is 0 Å². The Morgan fingerprint density at radius 2 is 2.19 bits per heavy atom. The van der Waals surface area contributed by atoms with Crippen molar-refractivity contribution >= 4 is 0 Å². The molecule has 2 N–H and O–H groups in total. The minimum atomic E-state index is 0.176. The van der Waals surface area contributed by atoms with Gasteiger partial charge in [0.15, 0.2) is 0 Å². The molecule has 0 saturated heterocycles. The Morgan fingerprint density at radius 1 is 1.50 bits per heavy atom. The first kappa shape index (κ1) is 13.2. The summed E-state index contributed by atoms with van der Waals surface area (Å²) in [6.07, 6.45) is 4.04. The maximum Gasteiger partial charge on any atom is 0.0534 e. The summed E-state index contributed by atoms with van der Waals surface area (Å²) < 4.78 is 1.96. The summed E-state index contributed by atoms with van der Waals surface area (Å²) in [5, 5.41) is 4.27. The van der Waals surface area contributed by atoms with Crippen LogP contribution in [0.4, 0.5) is 0 Å². The molecule has 0 saturated carbocycles. The molecule has 0 bridgehead atoms. The van der Waals surface area contributed by atoms with Crippen LogP contribution in [-0.2, 0) is 13.1 Å². The fourth-order valence-corrected chi connectivity index (χ4v) is 1.82. The number of hydrogen-bond donors (Lipinski definition) is 1. The first-order chi connectivity index (χ1) is 7.46. The van der Waals surface area contributed by atoms with Gasteiger partial charge in [-0.25, -0.2) is 0 Å². The lowest BCUT2D eigenvalue weighted by atomic mass is 9.93. The van der Waals surface area contributed by atoms with Gasteiger partial charge in [-0.05, 0) is 25.9 Å². The van der Waals surface area contributed by atoms with Crippen molar-refractivity contribution in [3.05, 3.63) is 18.0 Å². The highest BCUT2D eigenvalue weighted by molar-refractivity contribution is 5.03. The van der Waals surface area contributed by atoms with Crippen molar-refractivity contribution in [1.82, 2.24) is 14.7 Å². The summed E-state index contributed by atoms with van der Waals surface area (Å²) in [7, 11) is 2.13. The van der Waals surface area contributed by atoms with Gasteiger partial charge in [-0.1, -0.05) is 13.8 Å². The molecule has 0 spiro atoms. The van der Waals surface area contributed by atoms with Gasteiger partial charge in [0.2, 0.25) is 0 Å². The largest absolute Gasteiger partial charge is 0.330 e. The molecule has 0 radical (unpaired) electrons. The van der Waals surface area contributed by atoms with Crippen LogP contribution in [0.15, 0.2) is 12.4 Å². The number of aromatic nitrogens is 2. The quantitative estimate of drug-likeness (QED) is 0.793. The summed E-state index contributed by atoms with van der Waals surface area (Å²) in [6, 6.07) is 0. The van der Waals surface area contributed by atoms with E-state index in [1.54, 1.807) is 0 Å². The van der Waals surface area contributed by atoms with Crippen molar-refractivity contribution in [2.24, 2.45) is 11.1 Å². The standard InChI is InChI=1S/C12H24N4/c1-5-16-8-11(6-14-16)7-15(4)10-12(2,3)9-13/h6,8H,5,7,9-10,13H2,1-4H3. The van der Waals surface area contributed by atoms with Crippen molar-refractivity contribution in [3.8, 4) is 0 Å². The molecular weight excluding hydrogens is 200 g/mol. The fourth-order valence-electron chi connectivity index (χ4n) is 1.82. The molecule has 0 aliphatic rings. The van der Waals surface area contributed by atoms with Gasteiger partial charge in [-0.3, -0.25) is 4.68 Å². The number of aryl methyl sites for hydroxylation is 1. The zero-order chi connectivity index (χ0) is 12.2. The van der Waals surface area contributed by atoms with Crippen molar-refractivity contribution in [1.29, 1.82) is 0 Å². The SMILES string of the molecule is CCn1cc(CN(C)CC(C)(C)CN)cn1. The van der Waals surface area contributed by atoms with Crippen LogP contribution >= 0.6 is 0 Å². The van der Waals surface area contributed by atoms with Crippen molar-refractivity contribution in [2.75, 3.05) is 20.1 Å². The van der Waals surface area contributed by atoms with E-state index in [9.17, 15) is 0 Å². The van der Waals surface area contributed by atoms with Crippen molar-refractivity contribution in [3.63, 3.8) is 0 Å². The van der Waals surface area contributed by atoms with Gasteiger partial charge in [0.05, 0.1) is 6.20 Å². The number of hydrogen-bond acceptors (Lipinski definition) is 3. The van der Waals surface area contributed by atoms with Crippen LogP contribution in [0.25, 0.3) is 0 Å². The predicted octanol–water partition coefficient (Wildman–Crippen LogP) is 1.32. The first-order valence-corrected chi connectivity index (χ1v) is 5.87. The summed E-state index contributed by atoms with van der Waals surface area (Å²) in [4.78, 5) is 2.30. The zero-order valence-corrected chi connectivity index (χ0v) is 10.9. The lowest BCUT2D eigenvalue weighted by Gasteiger charge is -2.28. The molecule has 0 aliphatic heterocycles. The molecule has 0 unspecified atom stereocenters.